The zero-order valence-corrected chi connectivity index (χ0v) is 11.7. The quantitative estimate of drug-likeness (QED) is 0.881. The summed E-state index contributed by atoms with van der Waals surface area (Å²) in [5.74, 6) is 0.701. The van der Waals surface area contributed by atoms with Crippen LogP contribution in [0.5, 0.6) is 0 Å². The van der Waals surface area contributed by atoms with Crippen molar-refractivity contribution in [1.29, 1.82) is 5.26 Å². The third kappa shape index (κ3) is 3.71. The van der Waals surface area contributed by atoms with Gasteiger partial charge < -0.3 is 10.2 Å². The van der Waals surface area contributed by atoms with Crippen molar-refractivity contribution in [1.82, 2.24) is 5.32 Å². The molecule has 19 heavy (non-hydrogen) atoms. The van der Waals surface area contributed by atoms with Gasteiger partial charge >= 0.3 is 0 Å². The number of nitriles is 1. The minimum Gasteiger partial charge on any atom is -0.370 e. The molecular weight excluding hydrogens is 234 g/mol. The average Bonchev–Trinajstić information content (AvgIpc) is 2.48. The summed E-state index contributed by atoms with van der Waals surface area (Å²) in [6, 6.07) is 10.3. The normalized spacial score (nSPS) is 18.8. The van der Waals surface area contributed by atoms with Crippen molar-refractivity contribution in [2.75, 3.05) is 31.1 Å². The molecule has 0 spiro atoms. The fourth-order valence-electron chi connectivity index (χ4n) is 2.82. The SMILES string of the molecule is CCCN(CC1CCCNC1)c1ccccc1C#N. The summed E-state index contributed by atoms with van der Waals surface area (Å²) in [5.41, 5.74) is 1.89. The van der Waals surface area contributed by atoms with E-state index in [-0.39, 0.29) is 0 Å². The van der Waals surface area contributed by atoms with Crippen LogP contribution in [0.15, 0.2) is 24.3 Å². The molecule has 0 bridgehead atoms. The fourth-order valence-corrected chi connectivity index (χ4v) is 2.82. The maximum atomic E-state index is 9.25. The molecule has 1 aromatic rings. The van der Waals surface area contributed by atoms with Crippen LogP contribution in [-0.4, -0.2) is 26.2 Å². The van der Waals surface area contributed by atoms with E-state index < -0.39 is 0 Å². The molecule has 1 saturated heterocycles. The van der Waals surface area contributed by atoms with Crippen molar-refractivity contribution in [2.45, 2.75) is 26.2 Å². The van der Waals surface area contributed by atoms with E-state index in [1.165, 1.54) is 12.8 Å². The van der Waals surface area contributed by atoms with Crippen molar-refractivity contribution >= 4 is 5.69 Å². The minimum absolute atomic E-state index is 0.701. The fraction of sp³-hybridized carbons (Fsp3) is 0.562. The number of rotatable bonds is 5. The zero-order chi connectivity index (χ0) is 13.5. The van der Waals surface area contributed by atoms with Crippen LogP contribution in [0.1, 0.15) is 31.7 Å². The van der Waals surface area contributed by atoms with Crippen LogP contribution in [0.2, 0.25) is 0 Å². The van der Waals surface area contributed by atoms with Gasteiger partial charge in [-0.05, 0) is 50.4 Å². The predicted molar refractivity (Wildman–Crippen MR) is 79.3 cm³/mol. The molecule has 1 fully saturated rings. The second-order valence-corrected chi connectivity index (χ2v) is 5.29. The molecule has 3 heteroatoms. The van der Waals surface area contributed by atoms with E-state index in [0.717, 1.165) is 43.9 Å². The Kier molecular flexibility index (Phi) is 5.23. The molecule has 1 atom stereocenters. The highest BCUT2D eigenvalue weighted by atomic mass is 15.1. The number of hydrogen-bond donors (Lipinski definition) is 1. The Hall–Kier alpha value is -1.53. The van der Waals surface area contributed by atoms with E-state index >= 15 is 0 Å². The van der Waals surface area contributed by atoms with Gasteiger partial charge in [0.05, 0.1) is 11.3 Å². The van der Waals surface area contributed by atoms with Crippen LogP contribution in [-0.2, 0) is 0 Å². The monoisotopic (exact) mass is 257 g/mol. The summed E-state index contributed by atoms with van der Waals surface area (Å²) in [7, 11) is 0. The van der Waals surface area contributed by atoms with Crippen LogP contribution in [0, 0.1) is 17.2 Å². The Morgan fingerprint density at radius 2 is 2.26 bits per heavy atom. The molecule has 0 aromatic heterocycles. The molecule has 1 heterocycles. The van der Waals surface area contributed by atoms with Crippen LogP contribution in [0.4, 0.5) is 5.69 Å². The third-order valence-corrected chi connectivity index (χ3v) is 3.74. The Balaban J connectivity index is 2.12. The maximum absolute atomic E-state index is 9.25. The van der Waals surface area contributed by atoms with Crippen LogP contribution >= 0.6 is 0 Å². The Labute approximate surface area is 116 Å². The largest absolute Gasteiger partial charge is 0.370 e. The molecule has 3 nitrogen and oxygen atoms in total. The lowest BCUT2D eigenvalue weighted by Gasteiger charge is -2.32. The molecule has 1 aliphatic heterocycles. The van der Waals surface area contributed by atoms with Crippen LogP contribution in [0.25, 0.3) is 0 Å². The predicted octanol–water partition coefficient (Wildman–Crippen LogP) is 2.77. The summed E-state index contributed by atoms with van der Waals surface area (Å²) < 4.78 is 0. The highest BCUT2D eigenvalue weighted by molar-refractivity contribution is 5.59. The van der Waals surface area contributed by atoms with E-state index in [0.29, 0.717) is 5.92 Å². The minimum atomic E-state index is 0.701. The number of nitrogens with zero attached hydrogens (tertiary/aromatic N) is 2. The molecule has 0 aliphatic carbocycles. The highest BCUT2D eigenvalue weighted by Crippen LogP contribution is 2.22. The van der Waals surface area contributed by atoms with Crippen molar-refractivity contribution in [2.24, 2.45) is 5.92 Å². The first kappa shape index (κ1) is 13.9. The standard InChI is InChI=1S/C16H23N3/c1-2-10-19(13-14-6-5-9-18-12-14)16-8-4-3-7-15(16)11-17/h3-4,7-8,14,18H,2,5-6,9-10,12-13H2,1H3. The second-order valence-electron chi connectivity index (χ2n) is 5.29. The lowest BCUT2D eigenvalue weighted by molar-refractivity contribution is 0.376. The molecule has 0 amide bonds. The molecule has 0 radical (unpaired) electrons. The molecule has 2 rings (SSSR count). The van der Waals surface area contributed by atoms with Gasteiger partial charge in [-0.1, -0.05) is 19.1 Å². The summed E-state index contributed by atoms with van der Waals surface area (Å²) in [6.45, 7) is 6.53. The molecule has 0 saturated carbocycles. The lowest BCUT2D eigenvalue weighted by Crippen LogP contribution is -2.39. The summed E-state index contributed by atoms with van der Waals surface area (Å²) in [4.78, 5) is 2.39. The van der Waals surface area contributed by atoms with Crippen molar-refractivity contribution in [3.8, 4) is 6.07 Å². The van der Waals surface area contributed by atoms with E-state index in [4.69, 9.17) is 0 Å². The van der Waals surface area contributed by atoms with Gasteiger partial charge in [-0.25, -0.2) is 0 Å². The van der Waals surface area contributed by atoms with Gasteiger partial charge in [-0.2, -0.15) is 5.26 Å². The summed E-state index contributed by atoms with van der Waals surface area (Å²) in [6.07, 6.45) is 3.67. The first-order valence-corrected chi connectivity index (χ1v) is 7.30. The van der Waals surface area contributed by atoms with Crippen molar-refractivity contribution in [3.05, 3.63) is 29.8 Å². The summed E-state index contributed by atoms with van der Waals surface area (Å²) >= 11 is 0. The van der Waals surface area contributed by atoms with E-state index in [1.807, 2.05) is 18.2 Å². The zero-order valence-electron chi connectivity index (χ0n) is 11.7. The van der Waals surface area contributed by atoms with Gasteiger partial charge in [0.2, 0.25) is 0 Å². The average molecular weight is 257 g/mol. The van der Waals surface area contributed by atoms with Crippen LogP contribution in [0.3, 0.4) is 0 Å². The van der Waals surface area contributed by atoms with Gasteiger partial charge in [0, 0.05) is 13.1 Å². The van der Waals surface area contributed by atoms with Crippen LogP contribution < -0.4 is 10.2 Å². The molecule has 1 N–H and O–H groups in total. The summed E-state index contributed by atoms with van der Waals surface area (Å²) in [5, 5.41) is 12.7. The Bertz CT molecular complexity index is 430. The van der Waals surface area contributed by atoms with Gasteiger partial charge in [0.1, 0.15) is 6.07 Å². The molecule has 1 aromatic carbocycles. The highest BCUT2D eigenvalue weighted by Gasteiger charge is 2.18. The third-order valence-electron chi connectivity index (χ3n) is 3.74. The van der Waals surface area contributed by atoms with Gasteiger partial charge in [-0.15, -0.1) is 0 Å². The topological polar surface area (TPSA) is 39.1 Å². The molecule has 102 valence electrons. The van der Waals surface area contributed by atoms with E-state index in [1.54, 1.807) is 0 Å². The molecule has 1 unspecified atom stereocenters. The Morgan fingerprint density at radius 3 is 2.95 bits per heavy atom. The van der Waals surface area contributed by atoms with Crippen molar-refractivity contribution in [3.63, 3.8) is 0 Å². The van der Waals surface area contributed by atoms with Crippen molar-refractivity contribution < 1.29 is 0 Å². The number of anilines is 1. The smallest absolute Gasteiger partial charge is 0.101 e. The molecular formula is C16H23N3. The second kappa shape index (κ2) is 7.16. The van der Waals surface area contributed by atoms with Gasteiger partial charge in [0.25, 0.3) is 0 Å². The molecule has 1 aliphatic rings. The van der Waals surface area contributed by atoms with Gasteiger partial charge in [0.15, 0.2) is 0 Å². The first-order valence-electron chi connectivity index (χ1n) is 7.30. The van der Waals surface area contributed by atoms with Gasteiger partial charge in [-0.3, -0.25) is 0 Å². The number of piperidine rings is 1. The number of hydrogen-bond acceptors (Lipinski definition) is 3. The lowest BCUT2D eigenvalue weighted by atomic mass is 9.98. The van der Waals surface area contributed by atoms with E-state index in [2.05, 4.69) is 29.3 Å². The Morgan fingerprint density at radius 1 is 1.42 bits per heavy atom. The number of nitrogens with one attached hydrogen (secondary N) is 1. The number of benzene rings is 1. The number of para-hydroxylation sites is 1. The van der Waals surface area contributed by atoms with E-state index in [9.17, 15) is 5.26 Å². The maximum Gasteiger partial charge on any atom is 0.101 e. The first-order chi connectivity index (χ1) is 9.35.